The first-order chi connectivity index (χ1) is 11.9. The van der Waals surface area contributed by atoms with Gasteiger partial charge in [0, 0.05) is 11.4 Å². The van der Waals surface area contributed by atoms with E-state index in [1.807, 2.05) is 24.3 Å². The van der Waals surface area contributed by atoms with Crippen LogP contribution < -0.4 is 4.90 Å². The molecule has 0 spiro atoms. The normalized spacial score (nSPS) is 12.2. The summed E-state index contributed by atoms with van der Waals surface area (Å²) >= 11 is 0. The average Bonchev–Trinajstić information content (AvgIpc) is 3.18. The van der Waals surface area contributed by atoms with E-state index in [4.69, 9.17) is 0 Å². The lowest BCUT2D eigenvalue weighted by Crippen LogP contribution is -2.14. The van der Waals surface area contributed by atoms with E-state index in [2.05, 4.69) is 89.5 Å². The second-order valence-electron chi connectivity index (χ2n) is 5.64. The predicted octanol–water partition coefficient (Wildman–Crippen LogP) is 6.10. The van der Waals surface area contributed by atoms with Gasteiger partial charge in [-0.05, 0) is 47.5 Å². The Balaban J connectivity index is 1.82. The van der Waals surface area contributed by atoms with Crippen LogP contribution in [0.15, 0.2) is 115 Å². The zero-order valence-electron chi connectivity index (χ0n) is 13.3. The summed E-state index contributed by atoms with van der Waals surface area (Å²) in [6.45, 7) is 0. The zero-order valence-corrected chi connectivity index (χ0v) is 13.3. The maximum atomic E-state index is 3.32. The highest BCUT2D eigenvalue weighted by Crippen LogP contribution is 2.33. The molecule has 0 fully saturated rings. The van der Waals surface area contributed by atoms with E-state index in [0.717, 1.165) is 17.1 Å². The summed E-state index contributed by atoms with van der Waals surface area (Å²) in [5.41, 5.74) is 9.06. The number of nitrogens with zero attached hydrogens (tertiary/aromatic N) is 1. The Morgan fingerprint density at radius 3 is 2.00 bits per heavy atom. The third kappa shape index (κ3) is 2.81. The molecule has 0 atom stereocenters. The van der Waals surface area contributed by atoms with Crippen molar-refractivity contribution in [2.24, 2.45) is 0 Å². The van der Waals surface area contributed by atoms with Gasteiger partial charge in [0.1, 0.15) is 0 Å². The lowest BCUT2D eigenvalue weighted by Gasteiger charge is -2.25. The van der Waals surface area contributed by atoms with Crippen molar-refractivity contribution in [2.45, 2.75) is 0 Å². The van der Waals surface area contributed by atoms with Gasteiger partial charge in [-0.3, -0.25) is 0 Å². The molecule has 1 heteroatoms. The fourth-order valence-electron chi connectivity index (χ4n) is 2.92. The molecule has 3 aromatic carbocycles. The first-order valence-corrected chi connectivity index (χ1v) is 8.06. The Hall–Kier alpha value is -3.28. The highest BCUT2D eigenvalue weighted by atomic mass is 15.1. The number of benzene rings is 3. The van der Waals surface area contributed by atoms with Gasteiger partial charge in [-0.2, -0.15) is 0 Å². The summed E-state index contributed by atoms with van der Waals surface area (Å²) in [5.74, 6) is 0. The smallest absolute Gasteiger partial charge is 0.0890 e. The fourth-order valence-corrected chi connectivity index (χ4v) is 2.92. The molecule has 0 saturated heterocycles. The molecule has 0 amide bonds. The van der Waals surface area contributed by atoms with Crippen LogP contribution in [-0.2, 0) is 0 Å². The Bertz CT molecular complexity index is 930. The van der Waals surface area contributed by atoms with Crippen LogP contribution in [0.4, 0.5) is 11.4 Å². The largest absolute Gasteiger partial charge is 0.304 e. The second-order valence-corrected chi connectivity index (χ2v) is 5.64. The third-order valence-electron chi connectivity index (χ3n) is 4.05. The quantitative estimate of drug-likeness (QED) is 0.526. The van der Waals surface area contributed by atoms with Crippen molar-refractivity contribution >= 4 is 11.4 Å². The van der Waals surface area contributed by atoms with E-state index >= 15 is 0 Å². The second kappa shape index (κ2) is 6.45. The van der Waals surface area contributed by atoms with Gasteiger partial charge in [0.15, 0.2) is 0 Å². The summed E-state index contributed by atoms with van der Waals surface area (Å²) < 4.78 is 0. The Labute approximate surface area is 142 Å². The Kier molecular flexibility index (Phi) is 3.85. The lowest BCUT2D eigenvalue weighted by molar-refractivity contribution is 1.22. The van der Waals surface area contributed by atoms with Crippen LogP contribution in [0.2, 0.25) is 0 Å². The van der Waals surface area contributed by atoms with Gasteiger partial charge in [-0.25, -0.2) is 0 Å². The topological polar surface area (TPSA) is 3.24 Å². The van der Waals surface area contributed by atoms with Crippen LogP contribution in [0.1, 0.15) is 0 Å². The van der Waals surface area contributed by atoms with Crippen LogP contribution in [-0.4, -0.2) is 0 Å². The molecule has 0 unspecified atom stereocenters. The molecule has 1 nitrogen and oxygen atoms in total. The van der Waals surface area contributed by atoms with Crippen LogP contribution in [0.5, 0.6) is 0 Å². The molecular formula is C23H17N. The minimum absolute atomic E-state index is 1.05. The molecule has 24 heavy (non-hydrogen) atoms. The summed E-state index contributed by atoms with van der Waals surface area (Å²) in [4.78, 5) is 2.23. The van der Waals surface area contributed by atoms with Gasteiger partial charge in [0.25, 0.3) is 0 Å². The van der Waals surface area contributed by atoms with Crippen LogP contribution in [0, 0.1) is 0 Å². The van der Waals surface area contributed by atoms with Crippen molar-refractivity contribution < 1.29 is 0 Å². The minimum Gasteiger partial charge on any atom is -0.304 e. The van der Waals surface area contributed by atoms with Crippen molar-refractivity contribution in [3.8, 4) is 11.1 Å². The molecule has 114 valence electrons. The van der Waals surface area contributed by atoms with Gasteiger partial charge >= 0.3 is 0 Å². The monoisotopic (exact) mass is 307 g/mol. The van der Waals surface area contributed by atoms with Crippen molar-refractivity contribution in [3.05, 3.63) is 115 Å². The van der Waals surface area contributed by atoms with Gasteiger partial charge in [0.2, 0.25) is 0 Å². The molecule has 0 radical (unpaired) electrons. The lowest BCUT2D eigenvalue weighted by atomic mass is 10.0. The Morgan fingerprint density at radius 1 is 0.625 bits per heavy atom. The van der Waals surface area contributed by atoms with Gasteiger partial charge in [-0.1, -0.05) is 72.5 Å². The number of allylic oxidation sites excluding steroid dienone is 2. The number of anilines is 2. The van der Waals surface area contributed by atoms with E-state index in [0.29, 0.717) is 0 Å². The van der Waals surface area contributed by atoms with Crippen molar-refractivity contribution in [3.63, 3.8) is 0 Å². The standard InChI is InChI=1S/C23H17N/c1-3-10-19(11-4-1)20-12-9-17-23(18-20)24(22-15-7-8-16-22)21-13-5-2-6-14-21/h1-15,17-18H. The molecule has 1 aliphatic rings. The van der Waals surface area contributed by atoms with E-state index in [-0.39, 0.29) is 0 Å². The molecule has 1 aliphatic carbocycles. The van der Waals surface area contributed by atoms with E-state index < -0.39 is 0 Å². The molecule has 4 rings (SSSR count). The molecule has 0 saturated carbocycles. The molecule has 0 aromatic heterocycles. The highest BCUT2D eigenvalue weighted by molar-refractivity contribution is 5.76. The molecule has 0 heterocycles. The predicted molar refractivity (Wildman–Crippen MR) is 101 cm³/mol. The number of rotatable bonds is 4. The van der Waals surface area contributed by atoms with Crippen LogP contribution >= 0.6 is 0 Å². The minimum atomic E-state index is 1.05. The summed E-state index contributed by atoms with van der Waals surface area (Å²) in [6.07, 6.45) is 6.06. The molecule has 0 N–H and O–H groups in total. The summed E-state index contributed by atoms with van der Waals surface area (Å²) in [6, 6.07) is 29.5. The molecule has 3 aromatic rings. The number of hydrogen-bond donors (Lipinski definition) is 0. The SMILES string of the molecule is C1=CC=CC=1N(c1ccccc1)c1cccc(-c2ccccc2)c1. The summed E-state index contributed by atoms with van der Waals surface area (Å²) in [7, 11) is 0. The Morgan fingerprint density at radius 2 is 1.29 bits per heavy atom. The van der Waals surface area contributed by atoms with Crippen LogP contribution in [0.25, 0.3) is 11.1 Å². The first-order valence-electron chi connectivity index (χ1n) is 8.06. The summed E-state index contributed by atoms with van der Waals surface area (Å²) in [5, 5.41) is 0. The number of para-hydroxylation sites is 1. The average molecular weight is 307 g/mol. The maximum absolute atomic E-state index is 3.32. The van der Waals surface area contributed by atoms with Crippen LogP contribution in [0.3, 0.4) is 0 Å². The van der Waals surface area contributed by atoms with Gasteiger partial charge in [0.05, 0.1) is 5.70 Å². The molecule has 0 aliphatic heterocycles. The van der Waals surface area contributed by atoms with E-state index in [9.17, 15) is 0 Å². The van der Waals surface area contributed by atoms with Crippen molar-refractivity contribution in [1.82, 2.24) is 0 Å². The highest BCUT2D eigenvalue weighted by Gasteiger charge is 2.14. The first kappa shape index (κ1) is 14.3. The van der Waals surface area contributed by atoms with E-state index in [1.165, 1.54) is 11.1 Å². The van der Waals surface area contributed by atoms with Crippen molar-refractivity contribution in [2.75, 3.05) is 4.90 Å². The fraction of sp³-hybridized carbons (Fsp3) is 0. The van der Waals surface area contributed by atoms with Gasteiger partial charge in [-0.15, -0.1) is 0 Å². The molecule has 0 bridgehead atoms. The maximum Gasteiger partial charge on any atom is 0.0890 e. The van der Waals surface area contributed by atoms with Gasteiger partial charge < -0.3 is 4.90 Å². The van der Waals surface area contributed by atoms with E-state index in [1.54, 1.807) is 0 Å². The molecular weight excluding hydrogens is 290 g/mol. The zero-order chi connectivity index (χ0) is 16.2. The number of hydrogen-bond acceptors (Lipinski definition) is 1. The van der Waals surface area contributed by atoms with Crippen molar-refractivity contribution in [1.29, 1.82) is 0 Å². The third-order valence-corrected chi connectivity index (χ3v) is 4.05.